The van der Waals surface area contributed by atoms with E-state index in [4.69, 9.17) is 9.84 Å². The maximum Gasteiger partial charge on any atom is 0.304 e. The first-order valence-electron chi connectivity index (χ1n) is 9.66. The number of ether oxygens (including phenoxy) is 1. The molecule has 0 aliphatic carbocycles. The second-order valence-electron chi connectivity index (χ2n) is 8.17. The summed E-state index contributed by atoms with van der Waals surface area (Å²) in [6.45, 7) is 6.44. The number of carboxylic acids is 1. The van der Waals surface area contributed by atoms with Crippen LogP contribution in [0.15, 0.2) is 12.2 Å². The maximum absolute atomic E-state index is 10.7. The van der Waals surface area contributed by atoms with E-state index in [-0.39, 0.29) is 17.9 Å². The zero-order valence-electron chi connectivity index (χ0n) is 15.8. The van der Waals surface area contributed by atoms with Gasteiger partial charge in [-0.3, -0.25) is 4.79 Å². The topological polar surface area (TPSA) is 66.8 Å². The Kier molecular flexibility index (Phi) is 7.84. The summed E-state index contributed by atoms with van der Waals surface area (Å²) in [4.78, 5) is 10.7. The van der Waals surface area contributed by atoms with Gasteiger partial charge < -0.3 is 14.9 Å². The predicted octanol–water partition coefficient (Wildman–Crippen LogP) is 4.12. The molecule has 0 aromatic rings. The number of aliphatic carboxylic acids is 1. The average molecular weight is 371 g/mol. The second kappa shape index (κ2) is 9.43. The highest BCUT2D eigenvalue weighted by Gasteiger charge is 2.47. The highest BCUT2D eigenvalue weighted by molar-refractivity contribution is 7.99. The summed E-state index contributed by atoms with van der Waals surface area (Å²) in [6, 6.07) is 0. The third-order valence-electron chi connectivity index (χ3n) is 5.75. The lowest BCUT2D eigenvalue weighted by Gasteiger charge is -2.30. The van der Waals surface area contributed by atoms with Crippen LogP contribution in [0, 0.1) is 17.3 Å². The van der Waals surface area contributed by atoms with E-state index in [2.05, 4.69) is 26.8 Å². The molecular weight excluding hydrogens is 336 g/mol. The highest BCUT2D eigenvalue weighted by Crippen LogP contribution is 2.45. The van der Waals surface area contributed by atoms with Gasteiger partial charge in [-0.1, -0.05) is 45.8 Å². The van der Waals surface area contributed by atoms with E-state index in [1.807, 2.05) is 6.08 Å². The lowest BCUT2D eigenvalue weighted by atomic mass is 9.78. The van der Waals surface area contributed by atoms with Gasteiger partial charge in [0.1, 0.15) is 0 Å². The first-order valence-corrected chi connectivity index (χ1v) is 10.8. The van der Waals surface area contributed by atoms with E-state index in [9.17, 15) is 9.90 Å². The van der Waals surface area contributed by atoms with Crippen molar-refractivity contribution < 1.29 is 19.7 Å². The second-order valence-corrected chi connectivity index (χ2v) is 9.32. The largest absolute Gasteiger partial charge is 0.481 e. The van der Waals surface area contributed by atoms with Crippen molar-refractivity contribution >= 4 is 17.7 Å². The summed E-state index contributed by atoms with van der Waals surface area (Å²) in [6.07, 6.45) is 10.1. The van der Waals surface area contributed by atoms with Crippen LogP contribution < -0.4 is 0 Å². The van der Waals surface area contributed by atoms with Gasteiger partial charge in [0.25, 0.3) is 0 Å². The summed E-state index contributed by atoms with van der Waals surface area (Å²) in [7, 11) is 0. The van der Waals surface area contributed by atoms with Crippen molar-refractivity contribution in [1.29, 1.82) is 0 Å². The number of carboxylic acid groups (broad SMARTS) is 1. The molecule has 2 heterocycles. The molecule has 144 valence electrons. The van der Waals surface area contributed by atoms with E-state index in [0.29, 0.717) is 23.7 Å². The molecule has 2 rings (SSSR count). The Bertz CT molecular complexity index is 463. The molecule has 2 saturated heterocycles. The van der Waals surface area contributed by atoms with Gasteiger partial charge in [0.05, 0.1) is 24.7 Å². The van der Waals surface area contributed by atoms with Gasteiger partial charge in [0, 0.05) is 17.6 Å². The van der Waals surface area contributed by atoms with Gasteiger partial charge in [0.15, 0.2) is 0 Å². The van der Waals surface area contributed by atoms with Crippen LogP contribution in [-0.4, -0.2) is 46.0 Å². The monoisotopic (exact) mass is 370 g/mol. The Morgan fingerprint density at radius 3 is 2.76 bits per heavy atom. The fraction of sp³-hybridized carbons (Fsp3) is 0.850. The molecule has 0 amide bonds. The number of fused-ring (bicyclic) bond motifs is 2. The van der Waals surface area contributed by atoms with Gasteiger partial charge in [-0.2, -0.15) is 11.8 Å². The SMILES string of the molecule is CCCCC(C)(C)C(O)C=C[C@@H]1[C@H](CSCCC(=O)O)[C@@H]2CC[C@H]1O2. The summed E-state index contributed by atoms with van der Waals surface area (Å²) >= 11 is 1.72. The van der Waals surface area contributed by atoms with E-state index >= 15 is 0 Å². The standard InChI is InChI=1S/C20H34O4S/c1-4-5-11-20(2,3)18(21)9-6-14-15(13-25-12-10-19(22)23)17-8-7-16(14)24-17/h6,9,14-18,21H,4-5,7-8,10-13H2,1-3H3,(H,22,23)/t14-,15+,16-,17+,18?/m1/s1. The number of unbranched alkanes of at least 4 members (excludes halogenated alkanes) is 1. The molecule has 2 aliphatic heterocycles. The first kappa shape index (κ1) is 20.8. The number of hydrogen-bond donors (Lipinski definition) is 2. The number of rotatable bonds is 11. The minimum absolute atomic E-state index is 0.100. The Balaban J connectivity index is 1.90. The van der Waals surface area contributed by atoms with Crippen LogP contribution in [0.4, 0.5) is 0 Å². The van der Waals surface area contributed by atoms with Crippen LogP contribution >= 0.6 is 11.8 Å². The van der Waals surface area contributed by atoms with Crippen LogP contribution in [0.25, 0.3) is 0 Å². The van der Waals surface area contributed by atoms with E-state index < -0.39 is 12.1 Å². The van der Waals surface area contributed by atoms with Crippen LogP contribution in [0.2, 0.25) is 0 Å². The molecular formula is C20H34O4S. The quantitative estimate of drug-likeness (QED) is 0.423. The van der Waals surface area contributed by atoms with Gasteiger partial charge in [0.2, 0.25) is 0 Å². The molecule has 2 aliphatic rings. The zero-order chi connectivity index (χ0) is 18.4. The normalized spacial score (nSPS) is 30.2. The molecule has 1 unspecified atom stereocenters. The van der Waals surface area contributed by atoms with Crippen molar-refractivity contribution in [3.63, 3.8) is 0 Å². The molecule has 5 heteroatoms. The van der Waals surface area contributed by atoms with Crippen LogP contribution in [0.3, 0.4) is 0 Å². The Hall–Kier alpha value is -0.520. The smallest absolute Gasteiger partial charge is 0.304 e. The molecule has 2 fully saturated rings. The molecule has 0 spiro atoms. The molecule has 0 aromatic carbocycles. The van der Waals surface area contributed by atoms with Crippen molar-refractivity contribution in [2.45, 2.75) is 77.6 Å². The molecule has 0 radical (unpaired) electrons. The molecule has 2 bridgehead atoms. The van der Waals surface area contributed by atoms with Gasteiger partial charge in [-0.15, -0.1) is 0 Å². The number of thioether (sulfide) groups is 1. The van der Waals surface area contributed by atoms with Gasteiger partial charge in [-0.25, -0.2) is 0 Å². The lowest BCUT2D eigenvalue weighted by Crippen LogP contribution is -2.30. The summed E-state index contributed by atoms with van der Waals surface area (Å²) in [5.41, 5.74) is -0.100. The molecule has 0 aromatic heterocycles. The predicted molar refractivity (Wildman–Crippen MR) is 103 cm³/mol. The lowest BCUT2D eigenvalue weighted by molar-refractivity contribution is -0.136. The number of carbonyl (C=O) groups is 1. The molecule has 25 heavy (non-hydrogen) atoms. The van der Waals surface area contributed by atoms with Crippen molar-refractivity contribution in [3.05, 3.63) is 12.2 Å². The number of aliphatic hydroxyl groups excluding tert-OH is 1. The minimum atomic E-state index is -0.731. The fourth-order valence-electron chi connectivity index (χ4n) is 3.95. The number of aliphatic hydroxyl groups is 1. The van der Waals surface area contributed by atoms with Gasteiger partial charge >= 0.3 is 5.97 Å². The number of hydrogen-bond acceptors (Lipinski definition) is 4. The molecule has 2 N–H and O–H groups in total. The Labute approximate surface area is 156 Å². The molecule has 0 saturated carbocycles. The summed E-state index contributed by atoms with van der Waals surface area (Å²) < 4.78 is 6.10. The minimum Gasteiger partial charge on any atom is -0.481 e. The fourth-order valence-corrected chi connectivity index (χ4v) is 5.14. The molecule has 4 nitrogen and oxygen atoms in total. The first-order chi connectivity index (χ1) is 11.8. The Morgan fingerprint density at radius 2 is 2.08 bits per heavy atom. The highest BCUT2D eigenvalue weighted by atomic mass is 32.2. The van der Waals surface area contributed by atoms with Crippen LogP contribution in [-0.2, 0) is 9.53 Å². The average Bonchev–Trinajstić information content (AvgIpc) is 3.16. The van der Waals surface area contributed by atoms with E-state index in [1.165, 1.54) is 0 Å². The third kappa shape index (κ3) is 5.73. The maximum atomic E-state index is 10.7. The Morgan fingerprint density at radius 1 is 1.36 bits per heavy atom. The van der Waals surface area contributed by atoms with Crippen molar-refractivity contribution in [2.24, 2.45) is 17.3 Å². The van der Waals surface area contributed by atoms with Crippen molar-refractivity contribution in [1.82, 2.24) is 0 Å². The third-order valence-corrected chi connectivity index (χ3v) is 6.86. The van der Waals surface area contributed by atoms with E-state index in [1.54, 1.807) is 11.8 Å². The summed E-state index contributed by atoms with van der Waals surface area (Å²) in [5.74, 6) is 1.67. The van der Waals surface area contributed by atoms with Crippen molar-refractivity contribution in [3.8, 4) is 0 Å². The van der Waals surface area contributed by atoms with Crippen molar-refractivity contribution in [2.75, 3.05) is 11.5 Å². The zero-order valence-corrected chi connectivity index (χ0v) is 16.6. The van der Waals surface area contributed by atoms with Crippen LogP contribution in [0.1, 0.15) is 59.3 Å². The summed E-state index contributed by atoms with van der Waals surface area (Å²) in [5, 5.41) is 19.4. The molecule has 5 atom stereocenters. The van der Waals surface area contributed by atoms with E-state index in [0.717, 1.165) is 37.9 Å². The van der Waals surface area contributed by atoms with Gasteiger partial charge in [-0.05, 0) is 30.4 Å². The van der Waals surface area contributed by atoms with Crippen LogP contribution in [0.5, 0.6) is 0 Å².